The third-order valence-corrected chi connectivity index (χ3v) is 4.87. The number of likely N-dealkylation sites (tertiary alicyclic amines) is 1. The Kier molecular flexibility index (Phi) is 5.21. The fourth-order valence-corrected chi connectivity index (χ4v) is 3.50. The molecule has 2 heterocycles. The van der Waals surface area contributed by atoms with E-state index in [-0.39, 0.29) is 18.0 Å². The lowest BCUT2D eigenvalue weighted by atomic mass is 9.86. The van der Waals surface area contributed by atoms with Crippen LogP contribution in [0, 0.1) is 12.3 Å². The largest absolute Gasteiger partial charge is 0.481 e. The van der Waals surface area contributed by atoms with Crippen LogP contribution in [0.4, 0.5) is 13.2 Å². The summed E-state index contributed by atoms with van der Waals surface area (Å²) in [5, 5.41) is 9.12. The Hall–Kier alpha value is -2.32. The van der Waals surface area contributed by atoms with Crippen LogP contribution in [0.15, 0.2) is 0 Å². The van der Waals surface area contributed by atoms with Crippen LogP contribution >= 0.6 is 0 Å². The van der Waals surface area contributed by atoms with Gasteiger partial charge in [0.15, 0.2) is 11.2 Å². The summed E-state index contributed by atoms with van der Waals surface area (Å²) < 4.78 is 39.9. The molecule has 2 rings (SSSR count). The maximum absolute atomic E-state index is 13.3. The molecule has 144 valence electrons. The number of H-pyrrole nitrogens is 1. The molecule has 2 N–H and O–H groups in total. The van der Waals surface area contributed by atoms with Gasteiger partial charge in [-0.1, -0.05) is 13.3 Å². The van der Waals surface area contributed by atoms with E-state index < -0.39 is 36.4 Å². The van der Waals surface area contributed by atoms with Crippen LogP contribution in [0.1, 0.15) is 58.8 Å². The van der Waals surface area contributed by atoms with Crippen LogP contribution in [0.2, 0.25) is 0 Å². The van der Waals surface area contributed by atoms with Crippen molar-refractivity contribution in [3.63, 3.8) is 0 Å². The Morgan fingerprint density at radius 1 is 1.31 bits per heavy atom. The zero-order chi connectivity index (χ0) is 19.9. The van der Waals surface area contributed by atoms with Gasteiger partial charge < -0.3 is 15.0 Å². The van der Waals surface area contributed by atoms with Crippen LogP contribution < -0.4 is 0 Å². The third kappa shape index (κ3) is 3.10. The van der Waals surface area contributed by atoms with Gasteiger partial charge in [-0.05, 0) is 32.3 Å². The standard InChI is InChI=1S/C17H21F3N2O4/c1-4-5-11-12(10(3)23)9(2)21-13(11)14(24)22-7-6-16(8-22,15(25)26)17(18,19)20/h21H,4-8H2,1-3H3,(H,25,26). The van der Waals surface area contributed by atoms with Crippen molar-refractivity contribution in [2.75, 3.05) is 13.1 Å². The van der Waals surface area contributed by atoms with Crippen molar-refractivity contribution in [1.29, 1.82) is 0 Å². The summed E-state index contributed by atoms with van der Waals surface area (Å²) >= 11 is 0. The second kappa shape index (κ2) is 6.77. The number of aryl methyl sites for hydroxylation is 1. The van der Waals surface area contributed by atoms with Crippen molar-refractivity contribution in [1.82, 2.24) is 9.88 Å². The number of carbonyl (C=O) groups excluding carboxylic acids is 2. The van der Waals surface area contributed by atoms with Crippen molar-refractivity contribution in [3.05, 3.63) is 22.5 Å². The normalized spacial score (nSPS) is 20.5. The molecule has 9 heteroatoms. The van der Waals surface area contributed by atoms with Gasteiger partial charge in [-0.25, -0.2) is 0 Å². The highest BCUT2D eigenvalue weighted by Crippen LogP contribution is 2.46. The van der Waals surface area contributed by atoms with Gasteiger partial charge in [0, 0.05) is 24.3 Å². The molecule has 26 heavy (non-hydrogen) atoms. The number of aromatic amines is 1. The number of carboxylic acids is 1. The summed E-state index contributed by atoms with van der Waals surface area (Å²) in [6.45, 7) is 3.58. The van der Waals surface area contributed by atoms with Gasteiger partial charge in [0.25, 0.3) is 5.91 Å². The molecule has 1 amide bonds. The van der Waals surface area contributed by atoms with E-state index in [0.29, 0.717) is 29.7 Å². The number of nitrogens with one attached hydrogen (secondary N) is 1. The summed E-state index contributed by atoms with van der Waals surface area (Å²) in [7, 11) is 0. The van der Waals surface area contributed by atoms with E-state index in [0.717, 1.165) is 4.90 Å². The van der Waals surface area contributed by atoms with Crippen LogP contribution in [0.5, 0.6) is 0 Å². The first-order chi connectivity index (χ1) is 12.0. The number of Topliss-reactive ketones (excluding diaryl/α,β-unsaturated/α-hetero) is 1. The van der Waals surface area contributed by atoms with Gasteiger partial charge >= 0.3 is 12.1 Å². The second-order valence-electron chi connectivity index (χ2n) is 6.65. The van der Waals surface area contributed by atoms with Gasteiger partial charge in [-0.15, -0.1) is 0 Å². The van der Waals surface area contributed by atoms with Crippen molar-refractivity contribution in [2.45, 2.75) is 46.2 Å². The van der Waals surface area contributed by atoms with E-state index in [1.807, 2.05) is 6.92 Å². The average Bonchev–Trinajstić information content (AvgIpc) is 3.09. The SMILES string of the molecule is CCCc1c(C(=O)N2CCC(C(=O)O)(C(F)(F)F)C2)[nH]c(C)c1C(C)=O. The molecule has 1 aromatic heterocycles. The Labute approximate surface area is 148 Å². The summed E-state index contributed by atoms with van der Waals surface area (Å²) in [5.41, 5.74) is -1.57. The zero-order valence-corrected chi connectivity index (χ0v) is 14.8. The van der Waals surface area contributed by atoms with Crippen LogP contribution in [0.25, 0.3) is 0 Å². The molecule has 1 aliphatic rings. The maximum Gasteiger partial charge on any atom is 0.406 e. The van der Waals surface area contributed by atoms with Gasteiger partial charge in [0.1, 0.15) is 5.69 Å². The molecule has 0 bridgehead atoms. The fourth-order valence-electron chi connectivity index (χ4n) is 3.50. The summed E-state index contributed by atoms with van der Waals surface area (Å²) in [4.78, 5) is 39.7. The molecule has 0 spiro atoms. The van der Waals surface area contributed by atoms with Crippen molar-refractivity contribution in [3.8, 4) is 0 Å². The molecule has 6 nitrogen and oxygen atoms in total. The number of carbonyl (C=O) groups is 3. The topological polar surface area (TPSA) is 90.5 Å². The minimum atomic E-state index is -4.96. The lowest BCUT2D eigenvalue weighted by molar-refractivity contribution is -0.227. The maximum atomic E-state index is 13.3. The van der Waals surface area contributed by atoms with Crippen LogP contribution in [-0.2, 0) is 11.2 Å². The molecule has 1 unspecified atom stereocenters. The number of carboxylic acid groups (broad SMARTS) is 1. The van der Waals surface area contributed by atoms with Crippen molar-refractivity contribution < 1.29 is 32.7 Å². The first-order valence-corrected chi connectivity index (χ1v) is 8.28. The Morgan fingerprint density at radius 2 is 1.92 bits per heavy atom. The fraction of sp³-hybridized carbons (Fsp3) is 0.588. The number of hydrogen-bond donors (Lipinski definition) is 2. The molecular formula is C17H21F3N2O4. The third-order valence-electron chi connectivity index (χ3n) is 4.87. The number of aliphatic carboxylic acids is 1. The number of nitrogens with zero attached hydrogens (tertiary/aromatic N) is 1. The highest BCUT2D eigenvalue weighted by molar-refractivity contribution is 6.03. The average molecular weight is 374 g/mol. The van der Waals surface area contributed by atoms with Gasteiger partial charge in [-0.2, -0.15) is 13.2 Å². The van der Waals surface area contributed by atoms with Gasteiger partial charge in [0.05, 0.1) is 0 Å². The number of alkyl halides is 3. The van der Waals surface area contributed by atoms with Crippen LogP contribution in [0.3, 0.4) is 0 Å². The smallest absolute Gasteiger partial charge is 0.406 e. The molecule has 0 aromatic carbocycles. The highest BCUT2D eigenvalue weighted by Gasteiger charge is 2.64. The Morgan fingerprint density at radius 3 is 2.35 bits per heavy atom. The van der Waals surface area contributed by atoms with E-state index in [1.54, 1.807) is 6.92 Å². The lowest BCUT2D eigenvalue weighted by Crippen LogP contribution is -2.47. The molecule has 1 saturated heterocycles. The summed E-state index contributed by atoms with van der Waals surface area (Å²) in [5.74, 6) is -2.93. The van der Waals surface area contributed by atoms with Gasteiger partial charge in [-0.3, -0.25) is 14.4 Å². The molecule has 0 saturated carbocycles. The number of hydrogen-bond acceptors (Lipinski definition) is 3. The number of rotatable bonds is 5. The highest BCUT2D eigenvalue weighted by atomic mass is 19.4. The summed E-state index contributed by atoms with van der Waals surface area (Å²) in [6.07, 6.45) is -4.60. The number of ketones is 1. The van der Waals surface area contributed by atoms with E-state index >= 15 is 0 Å². The first-order valence-electron chi connectivity index (χ1n) is 8.28. The number of halogens is 3. The Bertz CT molecular complexity index is 754. The van der Waals surface area contributed by atoms with E-state index in [9.17, 15) is 27.6 Å². The molecule has 1 fully saturated rings. The molecule has 0 aliphatic carbocycles. The lowest BCUT2D eigenvalue weighted by Gasteiger charge is -2.27. The van der Waals surface area contributed by atoms with E-state index in [2.05, 4.69) is 4.98 Å². The van der Waals surface area contributed by atoms with Crippen LogP contribution in [-0.4, -0.2) is 51.9 Å². The van der Waals surface area contributed by atoms with E-state index in [4.69, 9.17) is 5.11 Å². The minimum absolute atomic E-state index is 0.0675. The predicted molar refractivity (Wildman–Crippen MR) is 86.2 cm³/mol. The first kappa shape index (κ1) is 20.0. The number of aromatic nitrogens is 1. The number of amides is 1. The molecule has 1 aromatic rings. The minimum Gasteiger partial charge on any atom is -0.481 e. The molecular weight excluding hydrogens is 353 g/mol. The summed E-state index contributed by atoms with van der Waals surface area (Å²) in [6, 6.07) is 0. The molecule has 0 radical (unpaired) electrons. The van der Waals surface area contributed by atoms with E-state index in [1.165, 1.54) is 6.92 Å². The monoisotopic (exact) mass is 374 g/mol. The second-order valence-corrected chi connectivity index (χ2v) is 6.65. The molecule has 1 aliphatic heterocycles. The van der Waals surface area contributed by atoms with Crippen molar-refractivity contribution in [2.24, 2.45) is 5.41 Å². The van der Waals surface area contributed by atoms with Crippen molar-refractivity contribution >= 4 is 17.7 Å². The molecule has 1 atom stereocenters. The quantitative estimate of drug-likeness (QED) is 0.776. The van der Waals surface area contributed by atoms with Gasteiger partial charge in [0.2, 0.25) is 0 Å². The zero-order valence-electron chi connectivity index (χ0n) is 14.8. The predicted octanol–water partition coefficient (Wildman–Crippen LogP) is 2.96. The Balaban J connectivity index is 2.41.